The zero-order valence-corrected chi connectivity index (χ0v) is 22.9. The van der Waals surface area contributed by atoms with Crippen molar-refractivity contribution in [1.82, 2.24) is 15.1 Å². The number of rotatable bonds is 10. The van der Waals surface area contributed by atoms with E-state index in [2.05, 4.69) is 39.4 Å². The van der Waals surface area contributed by atoms with Crippen molar-refractivity contribution in [3.8, 4) is 0 Å². The van der Waals surface area contributed by atoms with Crippen LogP contribution >= 0.6 is 22.9 Å². The fraction of sp³-hybridized carbons (Fsp3) is 0.357. The number of hydrogen-bond donors (Lipinski definition) is 2. The van der Waals surface area contributed by atoms with Gasteiger partial charge in [-0.2, -0.15) is 0 Å². The number of hydrogen-bond acceptors (Lipinski definition) is 6. The Hall–Kier alpha value is -2.91. The van der Waals surface area contributed by atoms with E-state index in [-0.39, 0.29) is 11.8 Å². The molecule has 2 N–H and O–H groups in total. The van der Waals surface area contributed by atoms with Crippen LogP contribution in [0.5, 0.6) is 0 Å². The van der Waals surface area contributed by atoms with Crippen LogP contribution in [-0.4, -0.2) is 81.5 Å². The first-order valence-electron chi connectivity index (χ1n) is 12.5. The number of thiophene rings is 1. The van der Waals surface area contributed by atoms with Crippen LogP contribution in [0, 0.1) is 0 Å². The Kier molecular flexibility index (Phi) is 9.57. The van der Waals surface area contributed by atoms with Crippen LogP contribution in [0.15, 0.2) is 60.0 Å². The molecule has 1 saturated heterocycles. The van der Waals surface area contributed by atoms with E-state index >= 15 is 0 Å². The molecule has 4 rings (SSSR count). The number of carbonyl (C=O) groups excluding carboxylic acids is 2. The lowest BCUT2D eigenvalue weighted by Crippen LogP contribution is -2.48. The Bertz CT molecular complexity index is 1190. The molecule has 3 aromatic rings. The minimum absolute atomic E-state index is 0.169. The average molecular weight is 540 g/mol. The van der Waals surface area contributed by atoms with Crippen molar-refractivity contribution < 1.29 is 9.59 Å². The van der Waals surface area contributed by atoms with Gasteiger partial charge in [-0.05, 0) is 61.8 Å². The van der Waals surface area contributed by atoms with Gasteiger partial charge < -0.3 is 20.4 Å². The van der Waals surface area contributed by atoms with Crippen LogP contribution in [0.2, 0.25) is 5.02 Å². The topological polar surface area (TPSA) is 67.9 Å². The van der Waals surface area contributed by atoms with Crippen molar-refractivity contribution in [2.45, 2.75) is 6.42 Å². The number of piperazine rings is 1. The van der Waals surface area contributed by atoms with E-state index in [1.807, 2.05) is 47.8 Å². The molecule has 0 aliphatic carbocycles. The molecular weight excluding hydrogens is 506 g/mol. The second-order valence-electron chi connectivity index (χ2n) is 9.39. The van der Waals surface area contributed by atoms with Gasteiger partial charge in [-0.3, -0.25) is 14.5 Å². The van der Waals surface area contributed by atoms with Gasteiger partial charge in [0.2, 0.25) is 0 Å². The van der Waals surface area contributed by atoms with Crippen molar-refractivity contribution in [1.29, 1.82) is 0 Å². The molecule has 2 amide bonds. The van der Waals surface area contributed by atoms with Crippen molar-refractivity contribution in [2.75, 3.05) is 70.1 Å². The van der Waals surface area contributed by atoms with E-state index in [1.165, 1.54) is 11.3 Å². The summed E-state index contributed by atoms with van der Waals surface area (Å²) < 4.78 is 0. The number of benzene rings is 2. The van der Waals surface area contributed by atoms with Crippen LogP contribution in [-0.2, 0) is 6.42 Å². The number of carbonyl (C=O) groups is 2. The number of likely N-dealkylation sites (N-methyl/N-ethyl adjacent to an activating group) is 1. The molecular formula is C28H34ClN5O2S. The predicted octanol–water partition coefficient (Wildman–Crippen LogP) is 4.31. The molecule has 0 bridgehead atoms. The quantitative estimate of drug-likeness (QED) is 0.402. The predicted molar refractivity (Wildman–Crippen MR) is 153 cm³/mol. The summed E-state index contributed by atoms with van der Waals surface area (Å²) in [5.74, 6) is -0.351. The second-order valence-corrected chi connectivity index (χ2v) is 10.7. The molecule has 0 saturated carbocycles. The standard InChI is InChI=1S/C28H34ClN5O2S/c1-32(2)13-14-33-15-17-34(18-16-33)25-10-9-22(20-24(25)31-28(36)26-8-5-19-37-26)27(35)30-12-11-21-6-3-4-7-23(21)29/h3-10,19-20H,11-18H2,1-2H3,(H,30,35)(H,31,36). The monoisotopic (exact) mass is 539 g/mol. The molecule has 1 aliphatic rings. The summed E-state index contributed by atoms with van der Waals surface area (Å²) in [7, 11) is 4.18. The SMILES string of the molecule is CN(C)CCN1CCN(c2ccc(C(=O)NCCc3ccccc3Cl)cc2NC(=O)c2cccs2)CC1. The third kappa shape index (κ3) is 7.55. The molecule has 0 spiro atoms. The number of nitrogens with one attached hydrogen (secondary N) is 2. The number of anilines is 2. The molecule has 37 heavy (non-hydrogen) atoms. The lowest BCUT2D eigenvalue weighted by Gasteiger charge is -2.37. The number of halogens is 1. The Balaban J connectivity index is 1.46. The van der Waals surface area contributed by atoms with Crippen LogP contribution < -0.4 is 15.5 Å². The minimum atomic E-state index is -0.182. The van der Waals surface area contributed by atoms with Crippen LogP contribution in [0.25, 0.3) is 0 Å². The van der Waals surface area contributed by atoms with Gasteiger partial charge in [0.15, 0.2) is 0 Å². The number of nitrogens with zero attached hydrogens (tertiary/aromatic N) is 3. The Labute approximate surface area is 228 Å². The van der Waals surface area contributed by atoms with E-state index in [1.54, 1.807) is 12.1 Å². The molecule has 9 heteroatoms. The number of amides is 2. The Morgan fingerprint density at radius 3 is 2.49 bits per heavy atom. The van der Waals surface area contributed by atoms with E-state index < -0.39 is 0 Å². The molecule has 1 fully saturated rings. The molecule has 0 atom stereocenters. The molecule has 0 radical (unpaired) electrons. The maximum absolute atomic E-state index is 13.0. The van der Waals surface area contributed by atoms with Gasteiger partial charge in [-0.15, -0.1) is 11.3 Å². The van der Waals surface area contributed by atoms with Crippen LogP contribution in [0.4, 0.5) is 11.4 Å². The minimum Gasteiger partial charge on any atom is -0.367 e. The first kappa shape index (κ1) is 27.1. The maximum atomic E-state index is 13.0. The van der Waals surface area contributed by atoms with Gasteiger partial charge in [0.1, 0.15) is 0 Å². The summed E-state index contributed by atoms with van der Waals surface area (Å²) in [6, 6.07) is 16.9. The third-order valence-corrected chi connectivity index (χ3v) is 7.70. The van der Waals surface area contributed by atoms with Crippen molar-refractivity contribution >= 4 is 46.1 Å². The highest BCUT2D eigenvalue weighted by Gasteiger charge is 2.22. The van der Waals surface area contributed by atoms with Crippen LogP contribution in [0.1, 0.15) is 25.6 Å². The smallest absolute Gasteiger partial charge is 0.265 e. The van der Waals surface area contributed by atoms with Crippen molar-refractivity contribution in [3.05, 3.63) is 81.0 Å². The Morgan fingerprint density at radius 1 is 1.00 bits per heavy atom. The van der Waals surface area contributed by atoms with Gasteiger partial charge in [0.25, 0.3) is 11.8 Å². The van der Waals surface area contributed by atoms with E-state index in [9.17, 15) is 9.59 Å². The average Bonchev–Trinajstić information content (AvgIpc) is 3.44. The van der Waals surface area contributed by atoms with Gasteiger partial charge in [0, 0.05) is 56.4 Å². The second kappa shape index (κ2) is 13.1. The van der Waals surface area contributed by atoms with Crippen molar-refractivity contribution in [3.63, 3.8) is 0 Å². The largest absolute Gasteiger partial charge is 0.367 e. The fourth-order valence-corrected chi connectivity index (χ4v) is 5.16. The summed E-state index contributed by atoms with van der Waals surface area (Å²) in [5, 5.41) is 8.61. The lowest BCUT2D eigenvalue weighted by molar-refractivity contribution is 0.0952. The zero-order valence-electron chi connectivity index (χ0n) is 21.4. The zero-order chi connectivity index (χ0) is 26.2. The van der Waals surface area contributed by atoms with Crippen LogP contribution in [0.3, 0.4) is 0 Å². The summed E-state index contributed by atoms with van der Waals surface area (Å²) >= 11 is 7.63. The highest BCUT2D eigenvalue weighted by atomic mass is 35.5. The molecule has 0 unspecified atom stereocenters. The summed E-state index contributed by atoms with van der Waals surface area (Å²) in [5.41, 5.74) is 3.09. The molecule has 7 nitrogen and oxygen atoms in total. The first-order valence-corrected chi connectivity index (χ1v) is 13.8. The summed E-state index contributed by atoms with van der Waals surface area (Å²) in [4.78, 5) is 33.5. The molecule has 1 aromatic heterocycles. The van der Waals surface area contributed by atoms with Crippen molar-refractivity contribution in [2.24, 2.45) is 0 Å². The van der Waals surface area contributed by atoms with Gasteiger partial charge in [-0.1, -0.05) is 35.9 Å². The molecule has 196 valence electrons. The van der Waals surface area contributed by atoms with Gasteiger partial charge >= 0.3 is 0 Å². The Morgan fingerprint density at radius 2 is 1.78 bits per heavy atom. The summed E-state index contributed by atoms with van der Waals surface area (Å²) in [6.45, 7) is 6.17. The normalized spacial score (nSPS) is 14.1. The van der Waals surface area contributed by atoms with E-state index in [0.29, 0.717) is 34.1 Å². The summed E-state index contributed by atoms with van der Waals surface area (Å²) in [6.07, 6.45) is 0.642. The highest BCUT2D eigenvalue weighted by molar-refractivity contribution is 7.12. The molecule has 2 heterocycles. The van der Waals surface area contributed by atoms with Gasteiger partial charge in [0.05, 0.1) is 16.3 Å². The third-order valence-electron chi connectivity index (χ3n) is 6.47. The fourth-order valence-electron chi connectivity index (χ4n) is 4.31. The van der Waals surface area contributed by atoms with E-state index in [4.69, 9.17) is 11.6 Å². The molecule has 2 aromatic carbocycles. The first-order chi connectivity index (χ1) is 17.9. The lowest BCUT2D eigenvalue weighted by atomic mass is 10.1. The maximum Gasteiger partial charge on any atom is 0.265 e. The highest BCUT2D eigenvalue weighted by Crippen LogP contribution is 2.29. The van der Waals surface area contributed by atoms with E-state index in [0.717, 1.165) is 50.5 Å². The molecule has 1 aliphatic heterocycles. The van der Waals surface area contributed by atoms with Gasteiger partial charge in [-0.25, -0.2) is 0 Å².